The minimum absolute atomic E-state index is 0.0371. The van der Waals surface area contributed by atoms with Crippen LogP contribution in [0.3, 0.4) is 0 Å². The number of nitrogens with zero attached hydrogens (tertiary/aromatic N) is 3. The molecule has 1 atom stereocenters. The molecule has 0 aromatic heterocycles. The van der Waals surface area contributed by atoms with Gasteiger partial charge in [0.15, 0.2) is 0 Å². The van der Waals surface area contributed by atoms with Gasteiger partial charge in [-0.3, -0.25) is 34.7 Å². The van der Waals surface area contributed by atoms with Crippen molar-refractivity contribution in [2.24, 2.45) is 5.41 Å². The third-order valence-electron chi connectivity index (χ3n) is 5.18. The molecule has 1 amide bonds. The molecule has 0 aliphatic carbocycles. The van der Waals surface area contributed by atoms with Crippen LogP contribution in [0.25, 0.3) is 0 Å². The molecule has 10 nitrogen and oxygen atoms in total. The predicted molar refractivity (Wildman–Crippen MR) is 110 cm³/mol. The number of esters is 1. The molecule has 162 valence electrons. The van der Waals surface area contributed by atoms with E-state index in [1.54, 1.807) is 38.1 Å². The zero-order valence-electron chi connectivity index (χ0n) is 17.0. The van der Waals surface area contributed by atoms with E-state index in [2.05, 4.69) is 0 Å². The lowest BCUT2D eigenvalue weighted by molar-refractivity contribution is -0.392. The van der Waals surface area contributed by atoms with Gasteiger partial charge in [0.2, 0.25) is 11.6 Å². The molecule has 1 fully saturated rings. The number of hydrogen-bond donors (Lipinski definition) is 0. The van der Waals surface area contributed by atoms with Crippen molar-refractivity contribution in [3.05, 3.63) is 74.3 Å². The fourth-order valence-corrected chi connectivity index (χ4v) is 3.76. The van der Waals surface area contributed by atoms with Crippen LogP contribution in [0.5, 0.6) is 0 Å². The van der Waals surface area contributed by atoms with Gasteiger partial charge in [0.1, 0.15) is 6.61 Å². The maximum atomic E-state index is 13.1. The average molecular weight is 427 g/mol. The summed E-state index contributed by atoms with van der Waals surface area (Å²) >= 11 is 0. The van der Waals surface area contributed by atoms with Crippen LogP contribution in [0.15, 0.2) is 48.5 Å². The molecular formula is C21H21N3O7. The van der Waals surface area contributed by atoms with E-state index in [0.717, 1.165) is 22.6 Å². The smallest absolute Gasteiger partial charge is 0.308 e. The number of anilines is 1. The zero-order valence-corrected chi connectivity index (χ0v) is 17.0. The lowest BCUT2D eigenvalue weighted by Crippen LogP contribution is -2.37. The van der Waals surface area contributed by atoms with Crippen LogP contribution in [-0.4, -0.2) is 27.8 Å². The highest BCUT2D eigenvalue weighted by Crippen LogP contribution is 2.46. The summed E-state index contributed by atoms with van der Waals surface area (Å²) in [5.74, 6) is -1.13. The van der Waals surface area contributed by atoms with E-state index in [-0.39, 0.29) is 19.4 Å². The molecule has 0 bridgehead atoms. The van der Waals surface area contributed by atoms with Crippen molar-refractivity contribution in [2.75, 3.05) is 4.90 Å². The Hall–Kier alpha value is -3.82. The van der Waals surface area contributed by atoms with Gasteiger partial charge in [0, 0.05) is 23.6 Å². The molecule has 0 radical (unpaired) electrons. The highest BCUT2D eigenvalue weighted by molar-refractivity contribution is 6.04. The molecule has 0 saturated carbocycles. The molecule has 1 unspecified atom stereocenters. The molecule has 2 aromatic carbocycles. The summed E-state index contributed by atoms with van der Waals surface area (Å²) in [4.78, 5) is 48.2. The van der Waals surface area contributed by atoms with Gasteiger partial charge < -0.3 is 4.74 Å². The minimum atomic E-state index is -0.956. The van der Waals surface area contributed by atoms with Crippen LogP contribution >= 0.6 is 0 Å². The Morgan fingerprint density at radius 1 is 1.06 bits per heavy atom. The molecule has 1 saturated heterocycles. The number of carbonyl (C=O) groups excluding carboxylic acids is 2. The van der Waals surface area contributed by atoms with Gasteiger partial charge in [-0.2, -0.15) is 0 Å². The van der Waals surface area contributed by atoms with Crippen molar-refractivity contribution in [1.29, 1.82) is 0 Å². The summed E-state index contributed by atoms with van der Waals surface area (Å²) in [5, 5.41) is 23.1. The number of ether oxygens (including phenoxy) is 1. The summed E-state index contributed by atoms with van der Waals surface area (Å²) in [6.45, 7) is 3.31. The van der Waals surface area contributed by atoms with Crippen molar-refractivity contribution < 1.29 is 24.2 Å². The van der Waals surface area contributed by atoms with Gasteiger partial charge in [-0.15, -0.1) is 0 Å². The van der Waals surface area contributed by atoms with Gasteiger partial charge >= 0.3 is 5.97 Å². The van der Waals surface area contributed by atoms with Crippen LogP contribution in [0.2, 0.25) is 0 Å². The van der Waals surface area contributed by atoms with Gasteiger partial charge in [0.25, 0.3) is 11.4 Å². The Balaban J connectivity index is 1.93. The van der Waals surface area contributed by atoms with Gasteiger partial charge in [-0.1, -0.05) is 44.2 Å². The first kappa shape index (κ1) is 21.9. The van der Waals surface area contributed by atoms with Gasteiger partial charge in [0.05, 0.1) is 16.3 Å². The third-order valence-corrected chi connectivity index (χ3v) is 5.18. The summed E-state index contributed by atoms with van der Waals surface area (Å²) in [5.41, 5.74) is -1.72. The Labute approximate surface area is 177 Å². The van der Waals surface area contributed by atoms with Crippen molar-refractivity contribution in [1.82, 2.24) is 0 Å². The monoisotopic (exact) mass is 427 g/mol. The lowest BCUT2D eigenvalue weighted by Gasteiger charge is -2.24. The molecule has 10 heteroatoms. The second kappa shape index (κ2) is 8.50. The van der Waals surface area contributed by atoms with Crippen LogP contribution in [0.4, 0.5) is 17.1 Å². The van der Waals surface area contributed by atoms with E-state index >= 15 is 0 Å². The van der Waals surface area contributed by atoms with Crippen molar-refractivity contribution >= 4 is 28.9 Å². The van der Waals surface area contributed by atoms with E-state index in [1.807, 2.05) is 6.07 Å². The molecule has 3 rings (SSSR count). The second-order valence-electron chi connectivity index (χ2n) is 7.93. The van der Waals surface area contributed by atoms with Crippen LogP contribution in [-0.2, 0) is 20.9 Å². The van der Waals surface area contributed by atoms with E-state index in [1.165, 1.54) is 6.07 Å². The number of amides is 1. The first-order valence-electron chi connectivity index (χ1n) is 9.57. The van der Waals surface area contributed by atoms with E-state index < -0.39 is 50.2 Å². The predicted octanol–water partition coefficient (Wildman–Crippen LogP) is 3.77. The van der Waals surface area contributed by atoms with Gasteiger partial charge in [-0.05, 0) is 18.1 Å². The Bertz CT molecular complexity index is 1000. The summed E-state index contributed by atoms with van der Waals surface area (Å²) in [6, 6.07) is 11.6. The third kappa shape index (κ3) is 4.52. The number of rotatable bonds is 7. The number of carbonyl (C=O) groups is 2. The van der Waals surface area contributed by atoms with E-state index in [9.17, 15) is 29.8 Å². The van der Waals surface area contributed by atoms with Crippen molar-refractivity contribution in [3.63, 3.8) is 0 Å². The normalized spacial score (nSPS) is 17.4. The maximum absolute atomic E-state index is 13.1. The number of para-hydroxylation sites is 1. The summed E-state index contributed by atoms with van der Waals surface area (Å²) < 4.78 is 5.29. The lowest BCUT2D eigenvalue weighted by atomic mass is 9.89. The van der Waals surface area contributed by atoms with Crippen molar-refractivity contribution in [3.8, 4) is 0 Å². The standard InChI is InChI=1S/C21H21N3O7/c1-21(2)12-15(11-18(25)31-13-14-7-4-3-5-8-14)22(20(21)26)19-16(23(27)28)9-6-10-17(19)24(29)30/h3-10,15H,11-13H2,1-2H3. The van der Waals surface area contributed by atoms with E-state index in [0.29, 0.717) is 0 Å². The first-order chi connectivity index (χ1) is 14.6. The number of hydrogen-bond acceptors (Lipinski definition) is 7. The van der Waals surface area contributed by atoms with Crippen molar-refractivity contribution in [2.45, 2.75) is 39.3 Å². The fourth-order valence-electron chi connectivity index (χ4n) is 3.76. The average Bonchev–Trinajstić information content (AvgIpc) is 2.94. The van der Waals surface area contributed by atoms with Gasteiger partial charge in [-0.25, -0.2) is 0 Å². The minimum Gasteiger partial charge on any atom is -0.461 e. The zero-order chi connectivity index (χ0) is 22.8. The van der Waals surface area contributed by atoms with Crippen LogP contribution in [0, 0.1) is 25.6 Å². The molecule has 0 N–H and O–H groups in total. The maximum Gasteiger partial charge on any atom is 0.308 e. The number of nitro benzene ring substituents is 2. The Kier molecular flexibility index (Phi) is 6.00. The highest BCUT2D eigenvalue weighted by Gasteiger charge is 2.50. The SMILES string of the molecule is CC1(C)CC(CC(=O)OCc2ccccc2)N(c2c([N+](=O)[O-])cccc2[N+](=O)[O-])C1=O. The largest absolute Gasteiger partial charge is 0.461 e. The Morgan fingerprint density at radius 3 is 2.19 bits per heavy atom. The fraction of sp³-hybridized carbons (Fsp3) is 0.333. The molecule has 1 aliphatic rings. The molecule has 2 aromatic rings. The topological polar surface area (TPSA) is 133 Å². The quantitative estimate of drug-likeness (QED) is 0.373. The second-order valence-corrected chi connectivity index (χ2v) is 7.93. The van der Waals surface area contributed by atoms with Crippen LogP contribution in [0.1, 0.15) is 32.3 Å². The van der Waals surface area contributed by atoms with E-state index in [4.69, 9.17) is 4.74 Å². The molecule has 1 heterocycles. The highest BCUT2D eigenvalue weighted by atomic mass is 16.6. The first-order valence-corrected chi connectivity index (χ1v) is 9.57. The number of nitro groups is 2. The summed E-state index contributed by atoms with van der Waals surface area (Å²) in [7, 11) is 0. The molecule has 0 spiro atoms. The Morgan fingerprint density at radius 2 is 1.65 bits per heavy atom. The molecular weight excluding hydrogens is 406 g/mol. The molecule has 1 aliphatic heterocycles. The van der Waals surface area contributed by atoms with Crippen LogP contribution < -0.4 is 4.90 Å². The number of benzene rings is 2. The summed E-state index contributed by atoms with van der Waals surface area (Å²) in [6.07, 6.45) is -0.0549. The molecule has 31 heavy (non-hydrogen) atoms.